The lowest BCUT2D eigenvalue weighted by molar-refractivity contribution is -0.404. The van der Waals surface area contributed by atoms with Gasteiger partial charge < -0.3 is 109 Å². The van der Waals surface area contributed by atoms with E-state index in [0.717, 1.165) is 38.5 Å². The van der Waals surface area contributed by atoms with Crippen molar-refractivity contribution in [1.29, 1.82) is 0 Å². The van der Waals surface area contributed by atoms with Crippen LogP contribution in [0.4, 0.5) is 0 Å². The van der Waals surface area contributed by atoms with E-state index in [4.69, 9.17) is 47.4 Å². The Balaban J connectivity index is 0.820. The molecular formula is C50H80O23. The van der Waals surface area contributed by atoms with E-state index in [1.165, 1.54) is 0 Å². The van der Waals surface area contributed by atoms with Crippen molar-refractivity contribution < 1.29 is 113 Å². The zero-order valence-corrected chi connectivity index (χ0v) is 41.9. The van der Waals surface area contributed by atoms with E-state index in [-0.39, 0.29) is 41.1 Å². The molecule has 0 radical (unpaired) electrons. The maximum absolute atomic E-state index is 14.7. The number of ether oxygens (including phenoxy) is 10. The van der Waals surface area contributed by atoms with Crippen LogP contribution in [0.2, 0.25) is 0 Å². The highest BCUT2D eigenvalue weighted by Gasteiger charge is 2.72. The molecule has 23 heteroatoms. The molecule has 6 aliphatic heterocycles. The third kappa shape index (κ3) is 9.30. The molecule has 0 aromatic carbocycles. The molecule has 4 saturated carbocycles. The topological polar surface area (TPSA) is 352 Å². The van der Waals surface area contributed by atoms with Crippen LogP contribution in [0.15, 0.2) is 0 Å². The Labute approximate surface area is 423 Å². The van der Waals surface area contributed by atoms with Crippen LogP contribution in [0, 0.1) is 52.3 Å². The van der Waals surface area contributed by atoms with Gasteiger partial charge in [0.15, 0.2) is 30.9 Å². The molecule has 0 aromatic rings. The van der Waals surface area contributed by atoms with Crippen molar-refractivity contribution in [2.75, 3.05) is 33.0 Å². The number of Topliss-reactive ketones (excluding diaryl/α,β-unsaturated/α-hetero) is 1. The molecule has 0 unspecified atom stereocenters. The minimum absolute atomic E-state index is 0.0117. The summed E-state index contributed by atoms with van der Waals surface area (Å²) in [5, 5.41) is 129. The van der Waals surface area contributed by atoms with Crippen LogP contribution < -0.4 is 0 Å². The summed E-state index contributed by atoms with van der Waals surface area (Å²) in [5.74, 6) is 1.40. The van der Waals surface area contributed by atoms with Crippen LogP contribution >= 0.6 is 0 Å². The fourth-order valence-electron chi connectivity index (χ4n) is 15.6. The number of ketones is 1. The van der Waals surface area contributed by atoms with Crippen molar-refractivity contribution in [2.45, 2.75) is 220 Å². The fourth-order valence-corrected chi connectivity index (χ4v) is 15.6. The van der Waals surface area contributed by atoms with Crippen molar-refractivity contribution in [3.8, 4) is 0 Å². The predicted molar refractivity (Wildman–Crippen MR) is 243 cm³/mol. The van der Waals surface area contributed by atoms with Crippen LogP contribution in [-0.4, -0.2) is 235 Å². The molecule has 10 fully saturated rings. The molecule has 0 aromatic heterocycles. The molecule has 0 bridgehead atoms. The maximum atomic E-state index is 14.7. The molecule has 10 aliphatic rings. The first kappa shape index (κ1) is 55.1. The lowest BCUT2D eigenvalue weighted by Gasteiger charge is -2.60. The molecule has 23 nitrogen and oxygen atoms in total. The monoisotopic (exact) mass is 1050 g/mol. The number of carbonyl (C=O) groups excluding carboxylic acids is 1. The van der Waals surface area contributed by atoms with Gasteiger partial charge in [0.25, 0.3) is 0 Å². The largest absolute Gasteiger partial charge is 0.394 e. The van der Waals surface area contributed by atoms with Gasteiger partial charge in [0.05, 0.1) is 45.2 Å². The van der Waals surface area contributed by atoms with E-state index >= 15 is 0 Å². The number of rotatable bonds is 11. The predicted octanol–water partition coefficient (Wildman–Crippen LogP) is -3.09. The number of carbonyl (C=O) groups is 1. The summed E-state index contributed by atoms with van der Waals surface area (Å²) in [4.78, 5) is 14.7. The van der Waals surface area contributed by atoms with E-state index in [1.807, 2.05) is 0 Å². The second kappa shape index (κ2) is 21.1. The summed E-state index contributed by atoms with van der Waals surface area (Å²) >= 11 is 0. The lowest BCUT2D eigenvalue weighted by atomic mass is 9.44. The number of fused-ring (bicyclic) bond motifs is 7. The van der Waals surface area contributed by atoms with Gasteiger partial charge in [-0.2, -0.15) is 0 Å². The van der Waals surface area contributed by atoms with Gasteiger partial charge in [0.1, 0.15) is 97.3 Å². The summed E-state index contributed by atoms with van der Waals surface area (Å²) in [7, 11) is 0. The van der Waals surface area contributed by atoms with Gasteiger partial charge in [0.2, 0.25) is 0 Å². The average molecular weight is 1050 g/mol. The van der Waals surface area contributed by atoms with Gasteiger partial charge in [-0.25, -0.2) is 0 Å². The lowest BCUT2D eigenvalue weighted by Crippen LogP contribution is -2.68. The smallest absolute Gasteiger partial charge is 0.187 e. The Morgan fingerprint density at radius 3 is 1.92 bits per heavy atom. The second-order valence-electron chi connectivity index (χ2n) is 23.7. The molecule has 4 aliphatic carbocycles. The SMILES string of the molecule is C[C@H]1CC[C@@]2(OC1)O[C@@H]1C[C@@H]3[C@@H]4CC[C@H]5C[C@@H](O[C@@H]6O[C@H](CO)[C@H](O[C@@H]7O[C@H](CO)[C@@H](O)[C@H](O[C@@H]8OC[C@@H](O)[C@H](O)[C@H]8O)[C@H]7O[C@@H]7O[C@H](CO)[C@@H](O)[C@H](O)[C@H]7O)[C@H](O)[C@H]6O)CC[C@]5(C)[C@H]4CC(=O)[C@]3(C)[C@@H]1[C@@H]2C. The van der Waals surface area contributed by atoms with Crippen molar-refractivity contribution in [2.24, 2.45) is 52.3 Å². The Hall–Kier alpha value is -1.21. The van der Waals surface area contributed by atoms with Crippen LogP contribution in [-0.2, 0) is 52.2 Å². The van der Waals surface area contributed by atoms with Crippen LogP contribution in [0.5, 0.6) is 0 Å². The highest BCUT2D eigenvalue weighted by atomic mass is 16.8. The summed E-state index contributed by atoms with van der Waals surface area (Å²) < 4.78 is 61.1. The summed E-state index contributed by atoms with van der Waals surface area (Å²) in [6.45, 7) is 6.58. The molecule has 31 atom stereocenters. The second-order valence-corrected chi connectivity index (χ2v) is 23.7. The van der Waals surface area contributed by atoms with E-state index in [0.29, 0.717) is 43.5 Å². The Morgan fingerprint density at radius 2 is 1.22 bits per heavy atom. The van der Waals surface area contributed by atoms with E-state index < -0.39 is 160 Å². The first-order valence-electron chi connectivity index (χ1n) is 26.7. The molecule has 6 saturated heterocycles. The molecule has 418 valence electrons. The van der Waals surface area contributed by atoms with Crippen molar-refractivity contribution in [3.05, 3.63) is 0 Å². The highest BCUT2D eigenvalue weighted by Crippen LogP contribution is 2.70. The van der Waals surface area contributed by atoms with Crippen molar-refractivity contribution in [3.63, 3.8) is 0 Å². The number of hydrogen-bond donors (Lipinski definition) is 12. The minimum Gasteiger partial charge on any atom is -0.394 e. The van der Waals surface area contributed by atoms with Gasteiger partial charge >= 0.3 is 0 Å². The summed E-state index contributed by atoms with van der Waals surface area (Å²) in [5.41, 5.74) is -0.628. The van der Waals surface area contributed by atoms with Crippen molar-refractivity contribution in [1.82, 2.24) is 0 Å². The molecule has 6 heterocycles. The molecule has 10 rings (SSSR count). The van der Waals surface area contributed by atoms with Crippen LogP contribution in [0.1, 0.15) is 85.5 Å². The zero-order chi connectivity index (χ0) is 52.2. The van der Waals surface area contributed by atoms with Crippen molar-refractivity contribution >= 4 is 5.78 Å². The standard InChI is InChI=1S/C50H80O23/c1-19-7-10-50(65-17-19)20(2)32-27(73-50)12-25-23-6-5-21-11-22(8-9-48(21,3)24(23)13-31(55)49(25,32)4)66-45-40(63)37(60)41(30(16-53)69-45)70-47-43(72-46-39(62)36(59)34(57)28(14-51)67-46)42(35(58)29(15-52)68-47)71-44-38(61)33(56)26(54)18-64-44/h19-30,32-47,51-54,56-63H,5-18H2,1-4H3/t19-,20-,21-,22-,23+,24-,25+,26+,27+,28+,29+,30+,32+,33-,34+,35+,36-,37+,38+,39+,40+,41-,42-,43+,44-,45+,46-,47-,48-,49+,50+/m0/s1. The number of aliphatic hydroxyl groups excluding tert-OH is 12. The molecular weight excluding hydrogens is 969 g/mol. The Kier molecular flexibility index (Phi) is 15.9. The Bertz CT molecular complexity index is 1910. The number of hydrogen-bond acceptors (Lipinski definition) is 23. The molecule has 12 N–H and O–H groups in total. The average Bonchev–Trinajstić information content (AvgIpc) is 3.83. The van der Waals surface area contributed by atoms with E-state index in [2.05, 4.69) is 27.7 Å². The number of aliphatic hydroxyl groups is 12. The minimum atomic E-state index is -2.01. The fraction of sp³-hybridized carbons (Fsp3) is 0.980. The Morgan fingerprint density at radius 1 is 0.589 bits per heavy atom. The summed E-state index contributed by atoms with van der Waals surface area (Å²) in [6.07, 6.45) is -26.6. The van der Waals surface area contributed by atoms with Gasteiger partial charge in [-0.1, -0.05) is 27.7 Å². The van der Waals surface area contributed by atoms with Gasteiger partial charge in [-0.05, 0) is 80.0 Å². The zero-order valence-electron chi connectivity index (χ0n) is 41.9. The molecule has 73 heavy (non-hydrogen) atoms. The van der Waals surface area contributed by atoms with E-state index in [9.17, 15) is 66.1 Å². The summed E-state index contributed by atoms with van der Waals surface area (Å²) in [6, 6.07) is 0. The quantitative estimate of drug-likeness (QED) is 0.0913. The molecule has 1 spiro atoms. The third-order valence-corrected chi connectivity index (χ3v) is 19.9. The van der Waals surface area contributed by atoms with Gasteiger partial charge in [-0.15, -0.1) is 0 Å². The normalized spacial score (nSPS) is 57.2. The first-order chi connectivity index (χ1) is 34.7. The van der Waals surface area contributed by atoms with Crippen LogP contribution in [0.3, 0.4) is 0 Å². The first-order valence-corrected chi connectivity index (χ1v) is 26.7. The maximum Gasteiger partial charge on any atom is 0.187 e. The van der Waals surface area contributed by atoms with Gasteiger partial charge in [-0.3, -0.25) is 4.79 Å². The van der Waals surface area contributed by atoms with Crippen LogP contribution in [0.25, 0.3) is 0 Å². The van der Waals surface area contributed by atoms with Gasteiger partial charge in [0, 0.05) is 30.1 Å². The third-order valence-electron chi connectivity index (χ3n) is 19.9. The molecule has 0 amide bonds. The van der Waals surface area contributed by atoms with E-state index in [1.54, 1.807) is 0 Å². The highest BCUT2D eigenvalue weighted by molar-refractivity contribution is 5.87.